The van der Waals surface area contributed by atoms with Crippen LogP contribution >= 0.6 is 0 Å². The highest BCUT2D eigenvalue weighted by Gasteiger charge is 2.04. The second kappa shape index (κ2) is 9.93. The van der Waals surface area contributed by atoms with E-state index >= 15 is 0 Å². The Bertz CT molecular complexity index is 687. The van der Waals surface area contributed by atoms with Gasteiger partial charge in [0.15, 0.2) is 0 Å². The Balaban J connectivity index is 3.08. The van der Waals surface area contributed by atoms with Gasteiger partial charge >= 0.3 is 0 Å². The van der Waals surface area contributed by atoms with E-state index < -0.39 is 0 Å². The molecule has 0 aliphatic rings. The summed E-state index contributed by atoms with van der Waals surface area (Å²) in [5, 5.41) is 0. The van der Waals surface area contributed by atoms with Crippen molar-refractivity contribution in [2.75, 3.05) is 0 Å². The predicted octanol–water partition coefficient (Wildman–Crippen LogP) is 7.68. The van der Waals surface area contributed by atoms with Gasteiger partial charge in [0.25, 0.3) is 0 Å². The molecule has 0 aliphatic heterocycles. The van der Waals surface area contributed by atoms with Gasteiger partial charge in [0.05, 0.1) is 0 Å². The summed E-state index contributed by atoms with van der Waals surface area (Å²) in [6, 6.07) is 6.72. The normalized spacial score (nSPS) is 12.6. The fraction of sp³-hybridized carbons (Fsp3) is 0.333. The molecule has 0 atom stereocenters. The first-order valence-electron chi connectivity index (χ1n) is 8.84. The summed E-state index contributed by atoms with van der Waals surface area (Å²) < 4.78 is 0. The molecule has 0 nitrogen and oxygen atoms in total. The third-order valence-electron chi connectivity index (χ3n) is 4.01. The molecule has 0 fully saturated rings. The molecule has 0 heterocycles. The number of allylic oxidation sites excluding steroid dienone is 8. The van der Waals surface area contributed by atoms with Crippen LogP contribution in [0.4, 0.5) is 0 Å². The van der Waals surface area contributed by atoms with Crippen molar-refractivity contribution in [1.29, 1.82) is 0 Å². The van der Waals surface area contributed by atoms with E-state index in [2.05, 4.69) is 89.8 Å². The lowest BCUT2D eigenvalue weighted by Crippen LogP contribution is -1.90. The average molecular weight is 321 g/mol. The Morgan fingerprint density at radius 1 is 1.12 bits per heavy atom. The second-order valence-electron chi connectivity index (χ2n) is 6.62. The van der Waals surface area contributed by atoms with Gasteiger partial charge in [-0.2, -0.15) is 0 Å². The molecule has 0 aromatic heterocycles. The zero-order valence-corrected chi connectivity index (χ0v) is 16.2. The van der Waals surface area contributed by atoms with Crippen molar-refractivity contribution in [2.24, 2.45) is 0 Å². The van der Waals surface area contributed by atoms with Crippen LogP contribution in [0.5, 0.6) is 0 Å². The van der Waals surface area contributed by atoms with E-state index in [1.165, 1.54) is 34.3 Å². The molecule has 1 aromatic carbocycles. The van der Waals surface area contributed by atoms with Crippen molar-refractivity contribution < 1.29 is 0 Å². The van der Waals surface area contributed by atoms with Gasteiger partial charge in [-0.3, -0.25) is 0 Å². The summed E-state index contributed by atoms with van der Waals surface area (Å²) in [6.07, 6.45) is 13.1. The molecule has 0 unspecified atom stereocenters. The molecule has 128 valence electrons. The van der Waals surface area contributed by atoms with Gasteiger partial charge in [0.1, 0.15) is 0 Å². The van der Waals surface area contributed by atoms with Crippen LogP contribution in [0.2, 0.25) is 0 Å². The van der Waals surface area contributed by atoms with Crippen molar-refractivity contribution in [3.05, 3.63) is 82.5 Å². The van der Waals surface area contributed by atoms with E-state index in [1.54, 1.807) is 0 Å². The van der Waals surface area contributed by atoms with Crippen LogP contribution in [-0.2, 0) is 0 Å². The summed E-state index contributed by atoms with van der Waals surface area (Å²) >= 11 is 0. The van der Waals surface area contributed by atoms with Crippen LogP contribution in [0.15, 0.2) is 65.8 Å². The van der Waals surface area contributed by atoms with Gasteiger partial charge in [-0.1, -0.05) is 79.6 Å². The summed E-state index contributed by atoms with van der Waals surface area (Å²) in [4.78, 5) is 0. The van der Waals surface area contributed by atoms with E-state index in [1.807, 2.05) is 6.92 Å². The second-order valence-corrected chi connectivity index (χ2v) is 6.62. The van der Waals surface area contributed by atoms with Crippen LogP contribution < -0.4 is 0 Å². The lowest BCUT2D eigenvalue weighted by Gasteiger charge is -2.10. The summed E-state index contributed by atoms with van der Waals surface area (Å²) in [6.45, 7) is 16.9. The minimum Gasteiger partial charge on any atom is -0.0955 e. The topological polar surface area (TPSA) is 0 Å². The highest BCUT2D eigenvalue weighted by atomic mass is 14.1. The monoisotopic (exact) mass is 320 g/mol. The smallest absolute Gasteiger partial charge is 0.0198 e. The zero-order chi connectivity index (χ0) is 18.1. The lowest BCUT2D eigenvalue weighted by molar-refractivity contribution is 0.970. The third-order valence-corrected chi connectivity index (χ3v) is 4.01. The largest absolute Gasteiger partial charge is 0.0955 e. The predicted molar refractivity (Wildman–Crippen MR) is 111 cm³/mol. The summed E-state index contributed by atoms with van der Waals surface area (Å²) in [5.41, 5.74) is 8.91. The van der Waals surface area contributed by atoms with Crippen molar-refractivity contribution >= 4 is 11.6 Å². The lowest BCUT2D eigenvalue weighted by atomic mass is 9.95. The Kier molecular flexibility index (Phi) is 8.26. The molecule has 0 N–H and O–H groups in total. The van der Waals surface area contributed by atoms with Crippen LogP contribution in [0.25, 0.3) is 11.6 Å². The minimum atomic E-state index is 1.08. The van der Waals surface area contributed by atoms with Gasteiger partial charge in [-0.15, -0.1) is 0 Å². The molecule has 1 aromatic rings. The first-order chi connectivity index (χ1) is 11.4. The number of rotatable bonds is 7. The molecule has 0 saturated heterocycles. The van der Waals surface area contributed by atoms with Gasteiger partial charge < -0.3 is 0 Å². The molecule has 0 radical (unpaired) electrons. The van der Waals surface area contributed by atoms with Crippen molar-refractivity contribution in [2.45, 2.75) is 54.4 Å². The molecular formula is C24H32. The summed E-state index contributed by atoms with van der Waals surface area (Å²) in [5.74, 6) is 0. The van der Waals surface area contributed by atoms with Gasteiger partial charge in [-0.25, -0.2) is 0 Å². The Morgan fingerprint density at radius 3 is 2.33 bits per heavy atom. The third kappa shape index (κ3) is 6.20. The highest BCUT2D eigenvalue weighted by Crippen LogP contribution is 2.25. The van der Waals surface area contributed by atoms with E-state index in [9.17, 15) is 0 Å². The van der Waals surface area contributed by atoms with E-state index in [0.29, 0.717) is 0 Å². The van der Waals surface area contributed by atoms with Gasteiger partial charge in [0.2, 0.25) is 0 Å². The molecule has 0 saturated carbocycles. The molecule has 0 aliphatic carbocycles. The fourth-order valence-corrected chi connectivity index (χ4v) is 2.64. The maximum absolute atomic E-state index is 4.08. The standard InChI is InChI=1S/C24H32/c1-8-10-22(9-2)24-16-13-21(17-20(24)7)12-15-23(19(5)6)14-11-18(3)4/h9,11-17H,5,8,10H2,1-4,6-7H3/b15-12+,22-9-,23-14-. The number of benzene rings is 1. The highest BCUT2D eigenvalue weighted by molar-refractivity contribution is 5.70. The van der Waals surface area contributed by atoms with E-state index in [4.69, 9.17) is 0 Å². The van der Waals surface area contributed by atoms with E-state index in [-0.39, 0.29) is 0 Å². The SMILES string of the molecule is C=C(C)C(=C\C=C(C)C)/C=C/c1ccc(/C(=C\C)CCC)c(C)c1. The first-order valence-corrected chi connectivity index (χ1v) is 8.84. The molecule has 24 heavy (non-hydrogen) atoms. The molecule has 0 heteroatoms. The minimum absolute atomic E-state index is 1.08. The maximum Gasteiger partial charge on any atom is -0.0198 e. The van der Waals surface area contributed by atoms with Crippen molar-refractivity contribution in [3.63, 3.8) is 0 Å². The molecule has 0 spiro atoms. The average Bonchev–Trinajstić information content (AvgIpc) is 2.52. The van der Waals surface area contributed by atoms with Crippen LogP contribution in [0, 0.1) is 6.92 Å². The fourth-order valence-electron chi connectivity index (χ4n) is 2.64. The zero-order valence-electron chi connectivity index (χ0n) is 16.2. The Hall–Kier alpha value is -2.08. The number of hydrogen-bond donors (Lipinski definition) is 0. The van der Waals surface area contributed by atoms with Crippen molar-refractivity contribution in [3.8, 4) is 0 Å². The molecule has 1 rings (SSSR count). The van der Waals surface area contributed by atoms with Crippen LogP contribution in [0.3, 0.4) is 0 Å². The van der Waals surface area contributed by atoms with Gasteiger partial charge in [-0.05, 0) is 68.9 Å². The van der Waals surface area contributed by atoms with Gasteiger partial charge in [0, 0.05) is 0 Å². The quantitative estimate of drug-likeness (QED) is 0.452. The van der Waals surface area contributed by atoms with Crippen LogP contribution in [-0.4, -0.2) is 0 Å². The van der Waals surface area contributed by atoms with E-state index in [0.717, 1.165) is 17.6 Å². The Morgan fingerprint density at radius 2 is 1.83 bits per heavy atom. The molecule has 0 bridgehead atoms. The number of aryl methyl sites for hydroxylation is 1. The van der Waals surface area contributed by atoms with Crippen LogP contribution in [0.1, 0.15) is 64.2 Å². The maximum atomic E-state index is 4.08. The molecular weight excluding hydrogens is 288 g/mol. The number of hydrogen-bond acceptors (Lipinski definition) is 0. The summed E-state index contributed by atoms with van der Waals surface area (Å²) in [7, 11) is 0. The van der Waals surface area contributed by atoms with Crippen molar-refractivity contribution in [1.82, 2.24) is 0 Å². The first kappa shape index (κ1) is 20.0. The molecule has 0 amide bonds. The Labute approximate surface area is 149 Å².